The number of carboxylic acid groups (broad SMARTS) is 1. The zero-order valence-electron chi connectivity index (χ0n) is 14.9. The van der Waals surface area contributed by atoms with Gasteiger partial charge in [-0.2, -0.15) is 0 Å². The molecule has 3 rings (SSSR count). The van der Waals surface area contributed by atoms with E-state index in [1.807, 2.05) is 18.2 Å². The summed E-state index contributed by atoms with van der Waals surface area (Å²) in [4.78, 5) is 23.3. The number of nitrogens with zero attached hydrogens (tertiary/aromatic N) is 2. The normalized spacial score (nSPS) is 10.6. The lowest BCUT2D eigenvalue weighted by Gasteiger charge is -2.09. The molecule has 3 aromatic rings. The molecule has 8 nitrogen and oxygen atoms in total. The molecular weight excluding hydrogens is 382 g/mol. The first-order chi connectivity index (χ1) is 13.5. The highest BCUT2D eigenvalue weighted by Gasteiger charge is 2.21. The molecular formula is C19H17N3O5S. The van der Waals surface area contributed by atoms with Gasteiger partial charge in [-0.3, -0.25) is 4.79 Å². The molecule has 28 heavy (non-hydrogen) atoms. The van der Waals surface area contributed by atoms with E-state index in [-0.39, 0.29) is 22.9 Å². The Balaban J connectivity index is 1.62. The predicted molar refractivity (Wildman–Crippen MR) is 99.6 cm³/mol. The molecule has 0 aliphatic heterocycles. The van der Waals surface area contributed by atoms with Crippen molar-refractivity contribution in [3.63, 3.8) is 0 Å². The zero-order chi connectivity index (χ0) is 20.1. The van der Waals surface area contributed by atoms with Gasteiger partial charge in [-0.1, -0.05) is 36.0 Å². The van der Waals surface area contributed by atoms with Crippen LogP contribution in [0.3, 0.4) is 0 Å². The minimum absolute atomic E-state index is 0.0969. The van der Waals surface area contributed by atoms with E-state index in [4.69, 9.17) is 9.63 Å². The fourth-order valence-corrected chi connectivity index (χ4v) is 3.33. The van der Waals surface area contributed by atoms with Gasteiger partial charge in [0.15, 0.2) is 5.95 Å². The van der Waals surface area contributed by atoms with E-state index in [0.29, 0.717) is 17.1 Å². The molecule has 0 unspecified atom stereocenters. The highest BCUT2D eigenvalue weighted by Crippen LogP contribution is 2.24. The molecule has 144 valence electrons. The van der Waals surface area contributed by atoms with Gasteiger partial charge in [0.2, 0.25) is 11.6 Å². The van der Waals surface area contributed by atoms with Crippen molar-refractivity contribution in [2.75, 3.05) is 11.1 Å². The van der Waals surface area contributed by atoms with Gasteiger partial charge in [0.05, 0.1) is 10.8 Å². The predicted octanol–water partition coefficient (Wildman–Crippen LogP) is 2.15. The molecule has 0 spiro atoms. The second-order valence-electron chi connectivity index (χ2n) is 5.89. The Morgan fingerprint density at radius 2 is 2.00 bits per heavy atom. The van der Waals surface area contributed by atoms with Crippen molar-refractivity contribution in [1.29, 1.82) is 0 Å². The number of carbonyl (C=O) groups is 2. The molecule has 1 aromatic heterocycles. The average molecular weight is 399 g/mol. The van der Waals surface area contributed by atoms with E-state index >= 15 is 0 Å². The largest absolute Gasteiger partial charge is 0.538 e. The third-order valence-corrected chi connectivity index (χ3v) is 4.92. The van der Waals surface area contributed by atoms with Crippen molar-refractivity contribution in [1.82, 2.24) is 5.27 Å². The molecule has 0 saturated heterocycles. The molecule has 9 heteroatoms. The van der Waals surface area contributed by atoms with Gasteiger partial charge in [-0.15, -0.1) is 0 Å². The number of hydrogen-bond donors (Lipinski definition) is 2. The van der Waals surface area contributed by atoms with E-state index in [1.165, 1.54) is 28.6 Å². The third kappa shape index (κ3) is 4.49. The molecule has 0 bridgehead atoms. The van der Waals surface area contributed by atoms with Crippen molar-refractivity contribution >= 4 is 29.3 Å². The molecule has 0 atom stereocenters. The average Bonchev–Trinajstić information content (AvgIpc) is 3.05. The Morgan fingerprint density at radius 1 is 1.25 bits per heavy atom. The topological polar surface area (TPSA) is 119 Å². The molecule has 1 heterocycles. The minimum Gasteiger partial charge on any atom is -0.538 e. The summed E-state index contributed by atoms with van der Waals surface area (Å²) in [5, 5.41) is 27.7. The molecule has 0 saturated carbocycles. The first-order valence-corrected chi connectivity index (χ1v) is 9.35. The lowest BCUT2D eigenvalue weighted by molar-refractivity contribution is -0.705. The van der Waals surface area contributed by atoms with Crippen LogP contribution in [0.25, 0.3) is 5.69 Å². The van der Waals surface area contributed by atoms with E-state index < -0.39 is 11.9 Å². The summed E-state index contributed by atoms with van der Waals surface area (Å²) < 4.78 is 6.13. The number of anilines is 1. The van der Waals surface area contributed by atoms with Crippen molar-refractivity contribution < 1.29 is 29.0 Å². The van der Waals surface area contributed by atoms with Gasteiger partial charge < -0.3 is 20.1 Å². The second kappa shape index (κ2) is 8.57. The zero-order valence-corrected chi connectivity index (χ0v) is 15.7. The first-order valence-electron chi connectivity index (χ1n) is 8.36. The first kappa shape index (κ1) is 19.4. The number of thioether (sulfide) groups is 1. The van der Waals surface area contributed by atoms with Crippen molar-refractivity contribution in [2.24, 2.45) is 0 Å². The minimum atomic E-state index is -1.06. The van der Waals surface area contributed by atoms with Crippen LogP contribution in [0.2, 0.25) is 0 Å². The van der Waals surface area contributed by atoms with Crippen LogP contribution in [0.1, 0.15) is 22.3 Å². The number of aromatic carboxylic acids is 1. The molecule has 2 N–H and O–H groups in total. The van der Waals surface area contributed by atoms with Gasteiger partial charge >= 0.3 is 5.97 Å². The summed E-state index contributed by atoms with van der Waals surface area (Å²) in [7, 11) is 0. The van der Waals surface area contributed by atoms with E-state index in [2.05, 4.69) is 10.6 Å². The quantitative estimate of drug-likeness (QED) is 0.461. The fourth-order valence-electron chi connectivity index (χ4n) is 2.44. The summed E-state index contributed by atoms with van der Waals surface area (Å²) >= 11 is 1.17. The highest BCUT2D eigenvalue weighted by atomic mass is 32.2. The Morgan fingerprint density at radius 3 is 2.71 bits per heavy atom. The van der Waals surface area contributed by atoms with Gasteiger partial charge in [0, 0.05) is 30.0 Å². The number of nitrogens with one attached hydrogen (secondary N) is 1. The number of benzene rings is 2. The maximum absolute atomic E-state index is 12.2. The number of carbonyl (C=O) groups excluding carboxylic acids is 1. The van der Waals surface area contributed by atoms with Gasteiger partial charge in [0.25, 0.3) is 5.03 Å². The number of aryl methyl sites for hydroxylation is 1. The summed E-state index contributed by atoms with van der Waals surface area (Å²) in [5.41, 5.74) is 1.98. The fraction of sp³-hybridized carbons (Fsp3) is 0.158. The number of carboxylic acids is 1. The van der Waals surface area contributed by atoms with Gasteiger partial charge in [-0.25, -0.2) is 4.79 Å². The lowest BCUT2D eigenvalue weighted by atomic mass is 10.1. The molecule has 0 fully saturated rings. The summed E-state index contributed by atoms with van der Waals surface area (Å²) in [5.74, 6) is -1.59. The Bertz CT molecular complexity index is 1000. The van der Waals surface area contributed by atoms with E-state index in [1.54, 1.807) is 25.1 Å². The van der Waals surface area contributed by atoms with Crippen molar-refractivity contribution in [3.05, 3.63) is 59.7 Å². The van der Waals surface area contributed by atoms with Gasteiger partial charge in [-0.05, 0) is 29.3 Å². The molecule has 0 aliphatic rings. The van der Waals surface area contributed by atoms with Crippen LogP contribution in [0.4, 0.5) is 5.69 Å². The molecule has 1 amide bonds. The van der Waals surface area contributed by atoms with Crippen LogP contribution >= 0.6 is 11.8 Å². The monoisotopic (exact) mass is 399 g/mol. The Hall–Kier alpha value is -3.33. The lowest BCUT2D eigenvalue weighted by Crippen LogP contribution is -2.34. The number of rotatable bonds is 7. The summed E-state index contributed by atoms with van der Waals surface area (Å²) in [6.07, 6.45) is 0.126. The van der Waals surface area contributed by atoms with E-state index in [9.17, 15) is 14.7 Å². The van der Waals surface area contributed by atoms with Crippen LogP contribution in [-0.4, -0.2) is 28.0 Å². The van der Waals surface area contributed by atoms with Crippen LogP contribution in [0.15, 0.2) is 58.1 Å². The van der Waals surface area contributed by atoms with Crippen LogP contribution in [0.5, 0.6) is 5.95 Å². The highest BCUT2D eigenvalue weighted by molar-refractivity contribution is 7.99. The Kier molecular flexibility index (Phi) is 5.95. The van der Waals surface area contributed by atoms with Crippen molar-refractivity contribution in [2.45, 2.75) is 18.4 Å². The van der Waals surface area contributed by atoms with Gasteiger partial charge in [0.1, 0.15) is 0 Å². The Labute approximate surface area is 164 Å². The SMILES string of the molecule is Cc1ccc(C(=O)O)cc1NC(=O)CCSc1c([O-])on[n+]1-c1ccccc1. The molecule has 0 aliphatic carbocycles. The summed E-state index contributed by atoms with van der Waals surface area (Å²) in [6, 6.07) is 13.6. The van der Waals surface area contributed by atoms with Crippen LogP contribution < -0.4 is 15.1 Å². The number of aromatic nitrogens is 2. The maximum atomic E-state index is 12.2. The third-order valence-electron chi connectivity index (χ3n) is 3.90. The maximum Gasteiger partial charge on any atom is 0.335 e. The molecule has 0 radical (unpaired) electrons. The number of hydrogen-bond acceptors (Lipinski definition) is 6. The van der Waals surface area contributed by atoms with E-state index in [0.717, 1.165) is 5.56 Å². The summed E-state index contributed by atoms with van der Waals surface area (Å²) in [6.45, 7) is 1.78. The van der Waals surface area contributed by atoms with Crippen LogP contribution in [0, 0.1) is 6.92 Å². The van der Waals surface area contributed by atoms with Crippen LogP contribution in [-0.2, 0) is 4.79 Å². The standard InChI is InChI=1S/C19H17N3O5S/c1-12-7-8-13(18(24)25)11-15(12)20-16(23)9-10-28-17-19(26)27-21-22(17)14-5-3-2-4-6-14/h2-8,11H,9-10H2,1H3,(H2-,20,21,23,24,25,26). The number of amides is 1. The van der Waals surface area contributed by atoms with Crippen molar-refractivity contribution in [3.8, 4) is 11.6 Å². The smallest absolute Gasteiger partial charge is 0.335 e. The molecule has 2 aromatic carbocycles. The number of para-hydroxylation sites is 1. The second-order valence-corrected chi connectivity index (χ2v) is 6.98.